The molecule has 1 unspecified atom stereocenters. The molecule has 4 heteroatoms. The molecule has 84 valence electrons. The van der Waals surface area contributed by atoms with Crippen molar-refractivity contribution in [2.75, 3.05) is 6.54 Å². The molecule has 2 rings (SSSR count). The van der Waals surface area contributed by atoms with Gasteiger partial charge in [0.15, 0.2) is 0 Å². The molecule has 1 aliphatic heterocycles. The zero-order valence-electron chi connectivity index (χ0n) is 8.61. The molecule has 16 heavy (non-hydrogen) atoms. The fourth-order valence-electron chi connectivity index (χ4n) is 1.80. The molecule has 1 atom stereocenters. The summed E-state index contributed by atoms with van der Waals surface area (Å²) in [6, 6.07) is 7.39. The van der Waals surface area contributed by atoms with Crippen molar-refractivity contribution in [1.82, 2.24) is 5.32 Å². The summed E-state index contributed by atoms with van der Waals surface area (Å²) in [5.74, 6) is -0.839. The zero-order chi connectivity index (χ0) is 11.5. The fraction of sp³-hybridized carbons (Fsp3) is 0.250. The number of rotatable bonds is 2. The number of carboxylic acids is 1. The van der Waals surface area contributed by atoms with Crippen molar-refractivity contribution in [3.8, 4) is 0 Å². The molecule has 1 aromatic rings. The lowest BCUT2D eigenvalue weighted by molar-refractivity contribution is -0.132. The molecule has 1 aromatic carbocycles. The number of carbonyl (C=O) groups is 1. The largest absolute Gasteiger partial charge is 0.478 e. The summed E-state index contributed by atoms with van der Waals surface area (Å²) in [5.41, 5.74) is 1.45. The van der Waals surface area contributed by atoms with Crippen molar-refractivity contribution >= 4 is 17.6 Å². The Bertz CT molecular complexity index is 442. The van der Waals surface area contributed by atoms with Gasteiger partial charge in [0.2, 0.25) is 0 Å². The second-order valence-electron chi connectivity index (χ2n) is 3.73. The standard InChI is InChI=1S/C12H12ClNO2/c13-10-3-1-2-8(6-10)11-7-9(12(15)16)4-5-14-11/h1-3,6-7,11,14H,4-5H2,(H,15,16). The van der Waals surface area contributed by atoms with E-state index in [-0.39, 0.29) is 6.04 Å². The first-order chi connectivity index (χ1) is 7.66. The Hall–Kier alpha value is -1.32. The minimum absolute atomic E-state index is 0.0569. The third-order valence-electron chi connectivity index (χ3n) is 2.61. The number of carboxylic acid groups (broad SMARTS) is 1. The Labute approximate surface area is 98.7 Å². The SMILES string of the molecule is O=C(O)C1=CC(c2cccc(Cl)c2)NCC1. The third kappa shape index (κ3) is 2.43. The van der Waals surface area contributed by atoms with Crippen molar-refractivity contribution in [3.63, 3.8) is 0 Å². The molecule has 1 heterocycles. The van der Waals surface area contributed by atoms with Crippen LogP contribution >= 0.6 is 11.6 Å². The van der Waals surface area contributed by atoms with Crippen LogP contribution < -0.4 is 5.32 Å². The van der Waals surface area contributed by atoms with E-state index >= 15 is 0 Å². The number of aliphatic carboxylic acids is 1. The first-order valence-electron chi connectivity index (χ1n) is 5.09. The number of hydrogen-bond acceptors (Lipinski definition) is 2. The molecule has 0 bridgehead atoms. The van der Waals surface area contributed by atoms with E-state index in [1.807, 2.05) is 18.2 Å². The van der Waals surface area contributed by atoms with Crippen LogP contribution in [-0.4, -0.2) is 17.6 Å². The molecule has 2 N–H and O–H groups in total. The normalized spacial score (nSPS) is 20.3. The van der Waals surface area contributed by atoms with Gasteiger partial charge in [-0.25, -0.2) is 4.79 Å². The highest BCUT2D eigenvalue weighted by atomic mass is 35.5. The van der Waals surface area contributed by atoms with Gasteiger partial charge in [-0.3, -0.25) is 0 Å². The minimum Gasteiger partial charge on any atom is -0.478 e. The summed E-state index contributed by atoms with van der Waals surface area (Å²) in [7, 11) is 0. The minimum atomic E-state index is -0.839. The number of benzene rings is 1. The highest BCUT2D eigenvalue weighted by molar-refractivity contribution is 6.30. The summed E-state index contributed by atoms with van der Waals surface area (Å²) in [5, 5.41) is 12.8. The molecule has 0 spiro atoms. The van der Waals surface area contributed by atoms with E-state index in [0.717, 1.165) is 5.56 Å². The van der Waals surface area contributed by atoms with E-state index in [9.17, 15) is 4.79 Å². The molecule has 0 radical (unpaired) electrons. The second-order valence-corrected chi connectivity index (χ2v) is 4.17. The van der Waals surface area contributed by atoms with E-state index in [2.05, 4.69) is 5.32 Å². The van der Waals surface area contributed by atoms with Gasteiger partial charge < -0.3 is 10.4 Å². The Morgan fingerprint density at radius 1 is 1.50 bits per heavy atom. The first kappa shape index (κ1) is 11.2. The predicted octanol–water partition coefficient (Wildman–Crippen LogP) is 2.39. The molecule has 1 aliphatic rings. The van der Waals surface area contributed by atoms with Gasteiger partial charge >= 0.3 is 5.97 Å². The zero-order valence-corrected chi connectivity index (χ0v) is 9.37. The second kappa shape index (κ2) is 4.68. The molecule has 0 fully saturated rings. The molecule has 3 nitrogen and oxygen atoms in total. The van der Waals surface area contributed by atoms with Crippen LogP contribution in [0, 0.1) is 0 Å². The Kier molecular flexibility index (Phi) is 3.27. The van der Waals surface area contributed by atoms with Crippen LogP contribution in [0.3, 0.4) is 0 Å². The summed E-state index contributed by atoms with van der Waals surface area (Å²) in [6.07, 6.45) is 2.31. The van der Waals surface area contributed by atoms with E-state index in [1.54, 1.807) is 12.1 Å². The van der Waals surface area contributed by atoms with E-state index < -0.39 is 5.97 Å². The van der Waals surface area contributed by atoms with Gasteiger partial charge in [-0.05, 0) is 24.1 Å². The van der Waals surface area contributed by atoms with Crippen LogP contribution in [-0.2, 0) is 4.79 Å². The fourth-order valence-corrected chi connectivity index (χ4v) is 2.00. The Morgan fingerprint density at radius 3 is 3.00 bits per heavy atom. The number of nitrogens with one attached hydrogen (secondary N) is 1. The molecule has 0 amide bonds. The molecule has 0 aromatic heterocycles. The highest BCUT2D eigenvalue weighted by Crippen LogP contribution is 2.23. The smallest absolute Gasteiger partial charge is 0.331 e. The van der Waals surface area contributed by atoms with Gasteiger partial charge in [0, 0.05) is 17.1 Å². The molecule has 0 saturated carbocycles. The maximum Gasteiger partial charge on any atom is 0.331 e. The average molecular weight is 238 g/mol. The van der Waals surface area contributed by atoms with Crippen molar-refractivity contribution in [1.29, 1.82) is 0 Å². The molecule has 0 saturated heterocycles. The van der Waals surface area contributed by atoms with Gasteiger partial charge in [0.05, 0.1) is 6.04 Å². The van der Waals surface area contributed by atoms with E-state index in [4.69, 9.17) is 16.7 Å². The predicted molar refractivity (Wildman–Crippen MR) is 62.5 cm³/mol. The molecule has 0 aliphatic carbocycles. The van der Waals surface area contributed by atoms with Crippen LogP contribution in [0.5, 0.6) is 0 Å². The summed E-state index contributed by atoms with van der Waals surface area (Å²) in [4.78, 5) is 10.9. The lowest BCUT2D eigenvalue weighted by Crippen LogP contribution is -2.27. The van der Waals surface area contributed by atoms with Crippen LogP contribution in [0.2, 0.25) is 5.02 Å². The van der Waals surface area contributed by atoms with Crippen molar-refractivity contribution in [3.05, 3.63) is 46.5 Å². The van der Waals surface area contributed by atoms with Gasteiger partial charge in [0.1, 0.15) is 0 Å². The van der Waals surface area contributed by atoms with E-state index in [1.165, 1.54) is 0 Å². The first-order valence-corrected chi connectivity index (χ1v) is 5.47. The van der Waals surface area contributed by atoms with Crippen LogP contribution in [0.4, 0.5) is 0 Å². The van der Waals surface area contributed by atoms with Crippen LogP contribution in [0.1, 0.15) is 18.0 Å². The van der Waals surface area contributed by atoms with Crippen LogP contribution in [0.25, 0.3) is 0 Å². The van der Waals surface area contributed by atoms with E-state index in [0.29, 0.717) is 23.6 Å². The summed E-state index contributed by atoms with van der Waals surface area (Å²) in [6.45, 7) is 0.676. The maximum absolute atomic E-state index is 10.9. The monoisotopic (exact) mass is 237 g/mol. The quantitative estimate of drug-likeness (QED) is 0.830. The maximum atomic E-state index is 10.9. The highest BCUT2D eigenvalue weighted by Gasteiger charge is 2.18. The summed E-state index contributed by atoms with van der Waals surface area (Å²) < 4.78 is 0. The van der Waals surface area contributed by atoms with Crippen molar-refractivity contribution < 1.29 is 9.90 Å². The molecular formula is C12H12ClNO2. The lowest BCUT2D eigenvalue weighted by Gasteiger charge is -2.21. The number of halogens is 1. The molecular weight excluding hydrogens is 226 g/mol. The Balaban J connectivity index is 2.28. The lowest BCUT2D eigenvalue weighted by atomic mass is 9.99. The van der Waals surface area contributed by atoms with Crippen molar-refractivity contribution in [2.45, 2.75) is 12.5 Å². The van der Waals surface area contributed by atoms with Gasteiger partial charge in [0.25, 0.3) is 0 Å². The number of hydrogen-bond donors (Lipinski definition) is 2. The third-order valence-corrected chi connectivity index (χ3v) is 2.84. The topological polar surface area (TPSA) is 49.3 Å². The summed E-state index contributed by atoms with van der Waals surface area (Å²) >= 11 is 5.90. The van der Waals surface area contributed by atoms with Crippen LogP contribution in [0.15, 0.2) is 35.9 Å². The van der Waals surface area contributed by atoms with Crippen molar-refractivity contribution in [2.24, 2.45) is 0 Å². The average Bonchev–Trinajstić information content (AvgIpc) is 2.29. The van der Waals surface area contributed by atoms with Gasteiger partial charge in [-0.2, -0.15) is 0 Å². The van der Waals surface area contributed by atoms with Gasteiger partial charge in [-0.15, -0.1) is 0 Å². The van der Waals surface area contributed by atoms with Gasteiger partial charge in [-0.1, -0.05) is 29.8 Å². The Morgan fingerprint density at radius 2 is 2.31 bits per heavy atom.